The van der Waals surface area contributed by atoms with Crippen molar-refractivity contribution in [2.24, 2.45) is 5.41 Å². The third-order valence-electron chi connectivity index (χ3n) is 3.39. The van der Waals surface area contributed by atoms with Crippen molar-refractivity contribution in [2.75, 3.05) is 7.04 Å². The molecule has 0 saturated heterocycles. The number of carbonyl (C=O) groups is 1. The highest BCUT2D eigenvalue weighted by molar-refractivity contribution is 9.10. The highest BCUT2D eigenvalue weighted by Gasteiger charge is 2.47. The molecule has 1 heterocycles. The average Bonchev–Trinajstić information content (AvgIpc) is 2.40. The summed E-state index contributed by atoms with van der Waals surface area (Å²) >= 11 is 3.25. The van der Waals surface area contributed by atoms with Gasteiger partial charge in [-0.3, -0.25) is 4.79 Å². The fraction of sp³-hybridized carbons (Fsp3) is 0.400. The third kappa shape index (κ3) is 2.41. The number of rotatable bonds is 2. The highest BCUT2D eigenvalue weighted by atomic mass is 79.9. The molecule has 0 amide bonds. The van der Waals surface area contributed by atoms with E-state index in [0.29, 0.717) is 10.3 Å². The first kappa shape index (κ1) is 11.2. The quantitative estimate of drug-likeness (QED) is 0.777. The number of allylic oxidation sites excluding steroid dienone is 1. The van der Waals surface area contributed by atoms with Crippen molar-refractivity contribution < 1.29 is 13.6 Å². The van der Waals surface area contributed by atoms with Gasteiger partial charge in [0, 0.05) is 12.5 Å². The molecule has 0 radical (unpaired) electrons. The summed E-state index contributed by atoms with van der Waals surface area (Å²) in [6.07, 6.45) is 1.35. The number of hydrogen-bond donors (Lipinski definition) is 0. The maximum Gasteiger partial charge on any atom is 0.178 e. The van der Waals surface area contributed by atoms with Gasteiger partial charge in [0.1, 0.15) is 16.3 Å². The Morgan fingerprint density at radius 2 is 2.30 bits per heavy atom. The van der Waals surface area contributed by atoms with Crippen LogP contribution < -0.4 is 0 Å². The molecule has 20 heavy (non-hydrogen) atoms. The predicted molar refractivity (Wildman–Crippen MR) is 77.7 cm³/mol. The molecular weight excluding hydrogens is 320 g/mol. The number of hydrogen-bond acceptors (Lipinski definition) is 4. The van der Waals surface area contributed by atoms with Crippen LogP contribution in [0.2, 0.25) is 0 Å². The van der Waals surface area contributed by atoms with E-state index in [1.807, 2.05) is 6.07 Å². The van der Waals surface area contributed by atoms with E-state index < -0.39 is 18.1 Å². The van der Waals surface area contributed by atoms with Gasteiger partial charge in [-0.25, -0.2) is 4.98 Å². The van der Waals surface area contributed by atoms with Crippen molar-refractivity contribution in [1.29, 1.82) is 5.26 Å². The van der Waals surface area contributed by atoms with Crippen LogP contribution in [0.4, 0.5) is 0 Å². The Bertz CT molecular complexity index is 722. The maximum atomic E-state index is 12.3. The van der Waals surface area contributed by atoms with Crippen LogP contribution in [0.5, 0.6) is 0 Å². The number of nitriles is 1. The van der Waals surface area contributed by atoms with Crippen LogP contribution in [0.15, 0.2) is 34.5 Å². The molecule has 0 bridgehead atoms. The largest absolute Gasteiger partial charge is 0.368 e. The predicted octanol–water partition coefficient (Wildman–Crippen LogP) is 3.13. The van der Waals surface area contributed by atoms with Crippen molar-refractivity contribution in [3.05, 3.63) is 40.1 Å². The SMILES string of the molecule is [2H]C([2H])([2H])O[C@]1(c2cccc(Br)n2)C=C(C#N)C(=O)C(C)(C)C1. The lowest BCUT2D eigenvalue weighted by molar-refractivity contribution is -0.128. The standard InChI is InChI=1S/C15H15BrN2O2/c1-14(2)9-15(20-3,7-10(8-17)13(14)19)11-5-4-6-12(16)18-11/h4-7H,9H2,1-3H3/t15-/m1/s1/i3D3. The van der Waals surface area contributed by atoms with Gasteiger partial charge >= 0.3 is 0 Å². The van der Waals surface area contributed by atoms with E-state index >= 15 is 0 Å². The second-order valence-electron chi connectivity index (χ2n) is 5.40. The molecule has 5 heteroatoms. The van der Waals surface area contributed by atoms with Crippen molar-refractivity contribution in [2.45, 2.75) is 25.9 Å². The Kier molecular flexibility index (Phi) is 2.86. The number of methoxy groups -OCH3 is 1. The Balaban J connectivity index is 2.71. The van der Waals surface area contributed by atoms with Crippen LogP contribution >= 0.6 is 15.9 Å². The smallest absolute Gasteiger partial charge is 0.178 e. The molecular formula is C15H15BrN2O2. The average molecular weight is 338 g/mol. The second kappa shape index (κ2) is 5.12. The molecule has 104 valence electrons. The molecule has 1 aromatic heterocycles. The first-order chi connectivity index (χ1) is 10.5. The summed E-state index contributed by atoms with van der Waals surface area (Å²) in [5.41, 5.74) is -2.21. The number of nitrogens with zero attached hydrogens (tertiary/aromatic N) is 2. The number of halogens is 1. The topological polar surface area (TPSA) is 63.0 Å². The molecule has 2 rings (SSSR count). The third-order valence-corrected chi connectivity index (χ3v) is 3.83. The van der Waals surface area contributed by atoms with Gasteiger partial charge in [-0.15, -0.1) is 0 Å². The Morgan fingerprint density at radius 1 is 1.55 bits per heavy atom. The number of carbonyl (C=O) groups excluding carboxylic acids is 1. The van der Waals surface area contributed by atoms with Gasteiger partial charge in [0.2, 0.25) is 0 Å². The molecule has 0 aromatic carbocycles. The summed E-state index contributed by atoms with van der Waals surface area (Å²) in [6.45, 7) is 3.32. The zero-order valence-corrected chi connectivity index (χ0v) is 12.7. The summed E-state index contributed by atoms with van der Waals surface area (Å²) in [5.74, 6) is -0.334. The Hall–Kier alpha value is -1.51. The molecule has 0 saturated carbocycles. The minimum Gasteiger partial charge on any atom is -0.368 e. The maximum absolute atomic E-state index is 12.3. The lowest BCUT2D eigenvalue weighted by atomic mass is 9.68. The van der Waals surface area contributed by atoms with E-state index in [9.17, 15) is 10.1 Å². The fourth-order valence-corrected chi connectivity index (χ4v) is 2.80. The highest BCUT2D eigenvalue weighted by Crippen LogP contribution is 2.44. The van der Waals surface area contributed by atoms with E-state index in [1.165, 1.54) is 6.08 Å². The van der Waals surface area contributed by atoms with E-state index in [0.717, 1.165) is 0 Å². The summed E-state index contributed by atoms with van der Waals surface area (Å²) in [6, 6.07) is 6.85. The number of aromatic nitrogens is 1. The van der Waals surface area contributed by atoms with Crippen LogP contribution in [0.25, 0.3) is 0 Å². The lowest BCUT2D eigenvalue weighted by Crippen LogP contribution is -2.42. The van der Waals surface area contributed by atoms with E-state index in [-0.39, 0.29) is 17.8 Å². The molecule has 0 unspecified atom stereocenters. The van der Waals surface area contributed by atoms with Crippen LogP contribution in [0.3, 0.4) is 0 Å². The van der Waals surface area contributed by atoms with Crippen LogP contribution in [0.1, 0.15) is 30.1 Å². The van der Waals surface area contributed by atoms with Crippen LogP contribution in [0, 0.1) is 16.7 Å². The molecule has 0 fully saturated rings. The molecule has 0 spiro atoms. The van der Waals surface area contributed by atoms with Crippen LogP contribution in [-0.2, 0) is 15.1 Å². The van der Waals surface area contributed by atoms with Gasteiger partial charge in [0.25, 0.3) is 0 Å². The van der Waals surface area contributed by atoms with Crippen molar-refractivity contribution in [3.63, 3.8) is 0 Å². The zero-order valence-electron chi connectivity index (χ0n) is 14.1. The van der Waals surface area contributed by atoms with Crippen molar-refractivity contribution in [1.82, 2.24) is 4.98 Å². The van der Waals surface area contributed by atoms with Gasteiger partial charge in [-0.2, -0.15) is 5.26 Å². The lowest BCUT2D eigenvalue weighted by Gasteiger charge is -2.39. The van der Waals surface area contributed by atoms with E-state index in [1.54, 1.807) is 32.0 Å². The molecule has 0 aliphatic heterocycles. The van der Waals surface area contributed by atoms with Crippen LogP contribution in [-0.4, -0.2) is 17.8 Å². The number of Topliss-reactive ketones (excluding diaryl/α,β-unsaturated/α-hetero) is 1. The molecule has 4 nitrogen and oxygen atoms in total. The number of pyridine rings is 1. The van der Waals surface area contributed by atoms with Gasteiger partial charge in [-0.1, -0.05) is 19.9 Å². The normalized spacial score (nSPS) is 27.8. The second-order valence-corrected chi connectivity index (χ2v) is 6.21. The zero-order chi connectivity index (χ0) is 17.5. The summed E-state index contributed by atoms with van der Waals surface area (Å²) in [7, 11) is -2.71. The van der Waals surface area contributed by atoms with Crippen molar-refractivity contribution in [3.8, 4) is 6.07 Å². The first-order valence-electron chi connectivity index (χ1n) is 7.50. The van der Waals surface area contributed by atoms with Gasteiger partial charge < -0.3 is 4.74 Å². The molecule has 0 N–H and O–H groups in total. The minimum absolute atomic E-state index is 0.0753. The fourth-order valence-electron chi connectivity index (χ4n) is 2.46. The van der Waals surface area contributed by atoms with Gasteiger partial charge in [-0.05, 0) is 40.6 Å². The first-order valence-corrected chi connectivity index (χ1v) is 6.79. The summed E-state index contributed by atoms with van der Waals surface area (Å²) in [5, 5.41) is 9.26. The van der Waals surface area contributed by atoms with E-state index in [4.69, 9.17) is 8.85 Å². The molecule has 1 aliphatic rings. The molecule has 1 atom stereocenters. The summed E-state index contributed by atoms with van der Waals surface area (Å²) < 4.78 is 28.3. The van der Waals surface area contributed by atoms with Gasteiger partial charge in [0.05, 0.1) is 15.4 Å². The molecule has 1 aromatic rings. The Morgan fingerprint density at radius 3 is 2.90 bits per heavy atom. The molecule has 1 aliphatic carbocycles. The van der Waals surface area contributed by atoms with E-state index in [2.05, 4.69) is 20.9 Å². The van der Waals surface area contributed by atoms with Gasteiger partial charge in [0.15, 0.2) is 5.78 Å². The monoisotopic (exact) mass is 337 g/mol. The summed E-state index contributed by atoms with van der Waals surface area (Å²) in [4.78, 5) is 16.6. The minimum atomic E-state index is -2.71. The number of ether oxygens (including phenoxy) is 1. The van der Waals surface area contributed by atoms with Crippen molar-refractivity contribution >= 4 is 21.7 Å². The number of ketones is 1. The Labute approximate surface area is 130 Å².